The number of aryl methyl sites for hydroxylation is 2. The van der Waals surface area contributed by atoms with E-state index in [4.69, 9.17) is 9.97 Å². The van der Waals surface area contributed by atoms with Crippen molar-refractivity contribution in [3.63, 3.8) is 0 Å². The third kappa shape index (κ3) is 5.75. The van der Waals surface area contributed by atoms with Crippen molar-refractivity contribution in [3.05, 3.63) is 128 Å². The Labute approximate surface area is 248 Å². The van der Waals surface area contributed by atoms with Crippen molar-refractivity contribution in [1.82, 2.24) is 24.1 Å². The van der Waals surface area contributed by atoms with Gasteiger partial charge in [-0.1, -0.05) is 47.5 Å². The molecule has 3 heterocycles. The van der Waals surface area contributed by atoms with Crippen molar-refractivity contribution in [3.8, 4) is 34.0 Å². The van der Waals surface area contributed by atoms with Crippen LogP contribution in [0.4, 0.5) is 0 Å². The van der Waals surface area contributed by atoms with Crippen molar-refractivity contribution in [2.24, 2.45) is 14.1 Å². The Hall–Kier alpha value is -4.09. The second-order valence-corrected chi connectivity index (χ2v) is 8.94. The molecule has 0 unspecified atom stereocenters. The number of hydrogen-bond acceptors (Lipinski definition) is 3. The summed E-state index contributed by atoms with van der Waals surface area (Å²) < 4.78 is 4.22. The minimum absolute atomic E-state index is 0.909. The van der Waals surface area contributed by atoms with Crippen LogP contribution in [-0.2, 0) is 32.0 Å². The summed E-state index contributed by atoms with van der Waals surface area (Å²) in [6, 6.07) is 42.8. The largest absolute Gasteiger partial charge is 0.305 e. The van der Waals surface area contributed by atoms with Gasteiger partial charge in [-0.05, 0) is 36.0 Å². The van der Waals surface area contributed by atoms with Crippen molar-refractivity contribution >= 4 is 31.7 Å². The second-order valence-electron chi connectivity index (χ2n) is 8.94. The van der Waals surface area contributed by atoms with Gasteiger partial charge in [0.05, 0.1) is 33.7 Å². The number of imidazole rings is 2. The first-order valence-electron chi connectivity index (χ1n) is 12.6. The number of pyridine rings is 1. The Bertz CT molecular complexity index is 1710. The van der Waals surface area contributed by atoms with Gasteiger partial charge < -0.3 is 14.1 Å². The van der Waals surface area contributed by atoms with Gasteiger partial charge in [-0.3, -0.25) is 9.97 Å². The van der Waals surface area contributed by atoms with Crippen molar-refractivity contribution in [2.75, 3.05) is 0 Å². The molecule has 0 saturated heterocycles. The molecule has 0 aliphatic heterocycles. The Morgan fingerprint density at radius 3 is 1.62 bits per heavy atom. The van der Waals surface area contributed by atoms with Crippen LogP contribution in [0.3, 0.4) is 0 Å². The van der Waals surface area contributed by atoms with E-state index in [9.17, 15) is 0 Å². The summed E-state index contributed by atoms with van der Waals surface area (Å²) >= 11 is 1.47. The number of fused-ring (bicyclic) bond motifs is 2. The topological polar surface area (TPSA) is 48.5 Å². The van der Waals surface area contributed by atoms with Gasteiger partial charge in [0.2, 0.25) is 0 Å². The van der Waals surface area contributed by atoms with Crippen LogP contribution in [0.15, 0.2) is 115 Å². The molecule has 0 aliphatic carbocycles. The number of hydrogen-bond donors (Lipinski definition) is 0. The van der Waals surface area contributed by atoms with Gasteiger partial charge in [0.15, 0.2) is 0 Å². The molecule has 0 N–H and O–H groups in total. The van der Waals surface area contributed by atoms with Crippen LogP contribution >= 0.6 is 9.58 Å². The van der Waals surface area contributed by atoms with Crippen LogP contribution in [0.25, 0.3) is 56.1 Å². The Morgan fingerprint density at radius 1 is 0.600 bits per heavy atom. The quantitative estimate of drug-likeness (QED) is 0.175. The number of para-hydroxylation sites is 4. The molecule has 0 amide bonds. The smallest absolute Gasteiger partial charge is 0.0160 e. The molecule has 0 fully saturated rings. The fourth-order valence-corrected chi connectivity index (χ4v) is 4.58. The molecule has 40 heavy (non-hydrogen) atoms. The molecule has 0 aliphatic rings. The van der Waals surface area contributed by atoms with E-state index < -0.39 is 0 Å². The predicted octanol–water partition coefficient (Wildman–Crippen LogP) is 7.83. The standard InChI is InChI=1S/C22H17N4.C11H8N.ClH.Ir/c1-25-19-12-5-3-10-17(19)23-21(25)15-8-7-9-16(14-15)22-24-18-11-4-6-13-20(18)26(22)2;1-2-6-10(7-3-1)11-8-4-5-9-12-11;;/h3-13H,1-2H3;1-6,8-9H;1H;/q2*-1;;+3/p-1. The fraction of sp³-hybridized carbons (Fsp3) is 0.0606. The Kier molecular flexibility index (Phi) is 8.82. The zero-order valence-corrected chi connectivity index (χ0v) is 25.1. The van der Waals surface area contributed by atoms with Crippen molar-refractivity contribution in [1.29, 1.82) is 0 Å². The second kappa shape index (κ2) is 12.8. The maximum atomic E-state index is 4.79. The number of halogens is 1. The van der Waals surface area contributed by atoms with Crippen LogP contribution in [0.2, 0.25) is 0 Å². The summed E-state index contributed by atoms with van der Waals surface area (Å²) in [5.41, 5.74) is 8.16. The zero-order valence-electron chi connectivity index (χ0n) is 21.9. The molecule has 5 nitrogen and oxygen atoms in total. The molecule has 3 aromatic heterocycles. The Balaban J connectivity index is 0.000000193. The van der Waals surface area contributed by atoms with Crippen LogP contribution in [0.5, 0.6) is 0 Å². The number of rotatable bonds is 3. The summed E-state index contributed by atoms with van der Waals surface area (Å²) in [5, 5.41) is 0. The van der Waals surface area contributed by atoms with E-state index in [1.165, 1.54) is 17.9 Å². The van der Waals surface area contributed by atoms with E-state index in [2.05, 4.69) is 48.0 Å². The molecular formula is C33H25ClIrN5. The summed E-state index contributed by atoms with van der Waals surface area (Å²) in [6.07, 6.45) is 1.79. The van der Waals surface area contributed by atoms with Gasteiger partial charge in [-0.2, -0.15) is 0 Å². The molecule has 4 aromatic carbocycles. The van der Waals surface area contributed by atoms with E-state index >= 15 is 0 Å². The Morgan fingerprint density at radius 2 is 1.12 bits per heavy atom. The summed E-state index contributed by atoms with van der Waals surface area (Å²) in [5.74, 6) is 1.82. The van der Waals surface area contributed by atoms with Crippen LogP contribution in [0.1, 0.15) is 0 Å². The van der Waals surface area contributed by atoms with E-state index in [-0.39, 0.29) is 0 Å². The van der Waals surface area contributed by atoms with Crippen LogP contribution < -0.4 is 0 Å². The average Bonchev–Trinajstić information content (AvgIpc) is 3.56. The molecule has 7 heteroatoms. The third-order valence-electron chi connectivity index (χ3n) is 6.50. The summed E-state index contributed by atoms with van der Waals surface area (Å²) in [7, 11) is 8.72. The number of nitrogens with zero attached hydrogens (tertiary/aromatic N) is 5. The van der Waals surface area contributed by atoms with Crippen LogP contribution in [0, 0.1) is 12.1 Å². The van der Waals surface area contributed by atoms with Gasteiger partial charge in [0, 0.05) is 20.3 Å². The van der Waals surface area contributed by atoms with E-state index in [0.29, 0.717) is 0 Å². The minimum Gasteiger partial charge on any atom is -0.305 e. The monoisotopic (exact) mass is 719 g/mol. The van der Waals surface area contributed by atoms with Crippen molar-refractivity contribution in [2.45, 2.75) is 0 Å². The summed E-state index contributed by atoms with van der Waals surface area (Å²) in [4.78, 5) is 13.8. The van der Waals surface area contributed by atoms with E-state index in [1.807, 2.05) is 111 Å². The molecule has 0 atom stereocenters. The van der Waals surface area contributed by atoms with Gasteiger partial charge >= 0.3 is 27.5 Å². The molecule has 0 spiro atoms. The van der Waals surface area contributed by atoms with Crippen molar-refractivity contribution < 1.29 is 17.9 Å². The first kappa shape index (κ1) is 27.5. The molecule has 7 aromatic rings. The fourth-order valence-electron chi connectivity index (χ4n) is 4.58. The van der Waals surface area contributed by atoms with E-state index in [1.54, 1.807) is 6.20 Å². The molecular weight excluding hydrogens is 694 g/mol. The first-order chi connectivity index (χ1) is 19.7. The first-order valence-corrected chi connectivity index (χ1v) is 15.5. The van der Waals surface area contributed by atoms with Crippen LogP contribution in [-0.4, -0.2) is 24.1 Å². The van der Waals surface area contributed by atoms with E-state index in [0.717, 1.165) is 56.1 Å². The number of aromatic nitrogens is 5. The van der Waals surface area contributed by atoms with Gasteiger partial charge in [0.1, 0.15) is 0 Å². The molecule has 0 radical (unpaired) electrons. The number of benzene rings is 4. The van der Waals surface area contributed by atoms with Gasteiger partial charge in [-0.15, -0.1) is 60.2 Å². The third-order valence-corrected chi connectivity index (χ3v) is 6.50. The maximum Gasteiger partial charge on any atom is 0.0160 e. The molecule has 0 bridgehead atoms. The minimum atomic E-state index is 0.909. The predicted molar refractivity (Wildman–Crippen MR) is 159 cm³/mol. The molecule has 7 rings (SSSR count). The van der Waals surface area contributed by atoms with Gasteiger partial charge in [-0.25, -0.2) is 0 Å². The molecule has 0 saturated carbocycles. The maximum absolute atomic E-state index is 4.79. The SMILES string of the molecule is Cn1c(-c2[c-]c(-c3nc4ccccc4n3C)ccc2)nc2ccccc21.[Cl][Ir+2].[c-]1ccccc1-c1ccccn1. The zero-order chi connectivity index (χ0) is 27.9. The summed E-state index contributed by atoms with van der Waals surface area (Å²) in [6.45, 7) is 0. The van der Waals surface area contributed by atoms with Gasteiger partial charge in [0.25, 0.3) is 0 Å². The normalized spacial score (nSPS) is 10.5. The average molecular weight is 719 g/mol. The molecule has 198 valence electrons.